The molecule has 0 aliphatic carbocycles. The van der Waals surface area contributed by atoms with Gasteiger partial charge in [0, 0.05) is 31.6 Å². The van der Waals surface area contributed by atoms with Gasteiger partial charge in [0.05, 0.1) is 24.8 Å². The molecule has 7 nitrogen and oxygen atoms in total. The van der Waals surface area contributed by atoms with Crippen molar-refractivity contribution in [1.29, 1.82) is 0 Å². The van der Waals surface area contributed by atoms with Crippen molar-refractivity contribution in [3.63, 3.8) is 0 Å². The van der Waals surface area contributed by atoms with E-state index in [9.17, 15) is 22.0 Å². The number of sulfonamides is 1. The summed E-state index contributed by atoms with van der Waals surface area (Å²) in [6.45, 7) is -0.552. The van der Waals surface area contributed by atoms with Gasteiger partial charge in [0.2, 0.25) is 5.91 Å². The molecular formula is C25H25ClF2N2O5S. The average Bonchev–Trinajstić information content (AvgIpc) is 2.85. The molecule has 0 radical (unpaired) electrons. The first-order valence-corrected chi connectivity index (χ1v) is 12.5. The van der Waals surface area contributed by atoms with Crippen LogP contribution in [-0.4, -0.2) is 54.1 Å². The molecule has 3 rings (SSSR count). The molecule has 3 aromatic rings. The third kappa shape index (κ3) is 5.71. The van der Waals surface area contributed by atoms with E-state index in [1.807, 2.05) is 0 Å². The maximum Gasteiger partial charge on any atom is 0.264 e. The summed E-state index contributed by atoms with van der Waals surface area (Å²) in [6, 6.07) is 12.1. The van der Waals surface area contributed by atoms with Crippen LogP contribution in [0.4, 0.5) is 14.5 Å². The molecule has 0 fully saturated rings. The number of carbonyl (C=O) groups is 1. The van der Waals surface area contributed by atoms with Crippen LogP contribution in [0.3, 0.4) is 0 Å². The first-order valence-electron chi connectivity index (χ1n) is 10.7. The number of nitrogens with zero attached hydrogens (tertiary/aromatic N) is 2. The second kappa shape index (κ2) is 11.1. The van der Waals surface area contributed by atoms with Crippen molar-refractivity contribution in [1.82, 2.24) is 4.90 Å². The minimum atomic E-state index is -4.35. The molecule has 0 aliphatic heterocycles. The fourth-order valence-corrected chi connectivity index (χ4v) is 5.16. The molecule has 0 spiro atoms. The molecule has 0 N–H and O–H groups in total. The molecule has 0 saturated carbocycles. The van der Waals surface area contributed by atoms with Gasteiger partial charge in [-0.15, -0.1) is 0 Å². The Balaban J connectivity index is 2.20. The Kier molecular flexibility index (Phi) is 8.42. The highest BCUT2D eigenvalue weighted by atomic mass is 35.5. The van der Waals surface area contributed by atoms with Crippen molar-refractivity contribution < 1.29 is 31.5 Å². The average molecular weight is 539 g/mol. The molecule has 0 aliphatic rings. The van der Waals surface area contributed by atoms with Crippen LogP contribution >= 0.6 is 11.6 Å². The molecule has 1 amide bonds. The minimum Gasteiger partial charge on any atom is -0.493 e. The Morgan fingerprint density at radius 2 is 1.64 bits per heavy atom. The van der Waals surface area contributed by atoms with Crippen LogP contribution < -0.4 is 13.8 Å². The van der Waals surface area contributed by atoms with Gasteiger partial charge in [0.15, 0.2) is 23.1 Å². The summed E-state index contributed by atoms with van der Waals surface area (Å²) >= 11 is 6.18. The van der Waals surface area contributed by atoms with Gasteiger partial charge in [-0.3, -0.25) is 9.10 Å². The molecule has 0 saturated heterocycles. The maximum atomic E-state index is 14.5. The Morgan fingerprint density at radius 1 is 0.944 bits per heavy atom. The monoisotopic (exact) mass is 538 g/mol. The molecule has 0 heterocycles. The second-order valence-corrected chi connectivity index (χ2v) is 10.3. The second-order valence-electron chi connectivity index (χ2n) is 7.98. The summed E-state index contributed by atoms with van der Waals surface area (Å²) < 4.78 is 67.4. The number of carbonyl (C=O) groups excluding carboxylic acids is 1. The van der Waals surface area contributed by atoms with E-state index in [4.69, 9.17) is 21.1 Å². The Bertz CT molecular complexity index is 1380. The van der Waals surface area contributed by atoms with Crippen LogP contribution in [0.25, 0.3) is 0 Å². The van der Waals surface area contributed by atoms with Crippen LogP contribution in [0.15, 0.2) is 59.5 Å². The van der Waals surface area contributed by atoms with Crippen molar-refractivity contribution in [3.05, 3.63) is 82.4 Å². The molecule has 0 aromatic heterocycles. The first kappa shape index (κ1) is 27.2. The van der Waals surface area contributed by atoms with Crippen molar-refractivity contribution >= 4 is 33.2 Å². The normalized spacial score (nSPS) is 11.2. The smallest absolute Gasteiger partial charge is 0.264 e. The molecule has 192 valence electrons. The lowest BCUT2D eigenvalue weighted by Crippen LogP contribution is -2.41. The summed E-state index contributed by atoms with van der Waals surface area (Å²) in [4.78, 5) is 13.8. The van der Waals surface area contributed by atoms with Crippen LogP contribution in [0, 0.1) is 11.6 Å². The van der Waals surface area contributed by atoms with Gasteiger partial charge in [-0.1, -0.05) is 23.7 Å². The SMILES string of the molecule is COc1ccc(S(=O)(=O)N(CC(=O)N(C)C)c2ccc(Cl)cc2Cc2cccc(F)c2F)cc1OC. The summed E-state index contributed by atoms with van der Waals surface area (Å²) in [6.07, 6.45) is -0.173. The standard InChI is InChI=1S/C25H25ClF2N2O5S/c1-29(2)24(31)15-30(36(32,33)19-9-11-22(34-3)23(14-19)35-4)21-10-8-18(26)13-17(21)12-16-6-5-7-20(27)25(16)28/h5-11,13-14H,12,15H2,1-4H3. The van der Waals surface area contributed by atoms with E-state index in [0.717, 1.165) is 10.4 Å². The topological polar surface area (TPSA) is 76.2 Å². The summed E-state index contributed by atoms with van der Waals surface area (Å²) in [7, 11) is 1.43. The van der Waals surface area contributed by atoms with Crippen molar-refractivity contribution in [2.24, 2.45) is 0 Å². The van der Waals surface area contributed by atoms with E-state index < -0.39 is 34.1 Å². The highest BCUT2D eigenvalue weighted by Gasteiger charge is 2.30. The number of methoxy groups -OCH3 is 2. The van der Waals surface area contributed by atoms with E-state index in [1.165, 1.54) is 81.7 Å². The maximum absolute atomic E-state index is 14.5. The zero-order valence-corrected chi connectivity index (χ0v) is 21.7. The van der Waals surface area contributed by atoms with Crippen LogP contribution in [0.5, 0.6) is 11.5 Å². The molecule has 0 atom stereocenters. The van der Waals surface area contributed by atoms with E-state index in [-0.39, 0.29) is 38.9 Å². The number of hydrogen-bond donors (Lipinski definition) is 0. The molecule has 0 bridgehead atoms. The number of likely N-dealkylation sites (N-methyl/N-ethyl adjacent to an activating group) is 1. The number of halogens is 3. The largest absolute Gasteiger partial charge is 0.493 e. The Hall–Kier alpha value is -3.37. The van der Waals surface area contributed by atoms with Crippen molar-refractivity contribution in [2.75, 3.05) is 39.2 Å². The summed E-state index contributed by atoms with van der Waals surface area (Å²) in [5.41, 5.74) is 0.372. The molecule has 3 aromatic carbocycles. The predicted octanol–water partition coefficient (Wildman–Crippen LogP) is 4.51. The minimum absolute atomic E-state index is 0.000849. The highest BCUT2D eigenvalue weighted by molar-refractivity contribution is 7.92. The summed E-state index contributed by atoms with van der Waals surface area (Å²) in [5.74, 6) is -2.09. The Labute approximate surface area is 213 Å². The number of amides is 1. The predicted molar refractivity (Wildman–Crippen MR) is 133 cm³/mol. The molecule has 36 heavy (non-hydrogen) atoms. The number of ether oxygens (including phenoxy) is 2. The third-order valence-corrected chi connectivity index (χ3v) is 7.43. The van der Waals surface area contributed by atoms with Gasteiger partial charge in [0.1, 0.15) is 6.54 Å². The van der Waals surface area contributed by atoms with E-state index >= 15 is 0 Å². The number of benzene rings is 3. The molecule has 11 heteroatoms. The zero-order valence-electron chi connectivity index (χ0n) is 20.1. The van der Waals surface area contributed by atoms with E-state index in [0.29, 0.717) is 5.75 Å². The first-order chi connectivity index (χ1) is 17.0. The number of hydrogen-bond acceptors (Lipinski definition) is 5. The van der Waals surface area contributed by atoms with Crippen molar-refractivity contribution in [2.45, 2.75) is 11.3 Å². The lowest BCUT2D eigenvalue weighted by Gasteiger charge is -2.28. The highest BCUT2D eigenvalue weighted by Crippen LogP contribution is 2.35. The van der Waals surface area contributed by atoms with E-state index in [1.54, 1.807) is 0 Å². The van der Waals surface area contributed by atoms with Crippen molar-refractivity contribution in [3.8, 4) is 11.5 Å². The summed E-state index contributed by atoms with van der Waals surface area (Å²) in [5, 5.41) is 0.257. The number of anilines is 1. The van der Waals surface area contributed by atoms with Crippen LogP contribution in [-0.2, 0) is 21.2 Å². The van der Waals surface area contributed by atoms with E-state index in [2.05, 4.69) is 0 Å². The molecular weight excluding hydrogens is 514 g/mol. The quantitative estimate of drug-likeness (QED) is 0.401. The number of rotatable bonds is 9. The fourth-order valence-electron chi connectivity index (χ4n) is 3.50. The Morgan fingerprint density at radius 3 is 2.28 bits per heavy atom. The van der Waals surface area contributed by atoms with Crippen LogP contribution in [0.2, 0.25) is 5.02 Å². The van der Waals surface area contributed by atoms with Gasteiger partial charge in [-0.05, 0) is 47.5 Å². The fraction of sp³-hybridized carbons (Fsp3) is 0.240. The third-order valence-electron chi connectivity index (χ3n) is 5.44. The zero-order chi connectivity index (χ0) is 26.6. The lowest BCUT2D eigenvalue weighted by molar-refractivity contribution is -0.127. The van der Waals surface area contributed by atoms with Gasteiger partial charge in [-0.2, -0.15) is 0 Å². The van der Waals surface area contributed by atoms with Crippen LogP contribution in [0.1, 0.15) is 11.1 Å². The van der Waals surface area contributed by atoms with Gasteiger partial charge in [-0.25, -0.2) is 17.2 Å². The molecule has 0 unspecified atom stereocenters. The van der Waals surface area contributed by atoms with Gasteiger partial charge < -0.3 is 14.4 Å². The van der Waals surface area contributed by atoms with Gasteiger partial charge in [0.25, 0.3) is 10.0 Å². The van der Waals surface area contributed by atoms with Gasteiger partial charge >= 0.3 is 0 Å². The lowest BCUT2D eigenvalue weighted by atomic mass is 10.0.